The molecule has 0 fully saturated rings. The molecule has 0 saturated carbocycles. The summed E-state index contributed by atoms with van der Waals surface area (Å²) in [5.41, 5.74) is 3.05. The van der Waals surface area contributed by atoms with E-state index < -0.39 is 0 Å². The maximum atomic E-state index is 4.29. The minimum Gasteiger partial charge on any atom is -0.259 e. The zero-order valence-electron chi connectivity index (χ0n) is 10.3. The van der Waals surface area contributed by atoms with Gasteiger partial charge in [-0.2, -0.15) is 0 Å². The third-order valence-electron chi connectivity index (χ3n) is 1.74. The second kappa shape index (κ2) is 7.92. The molecule has 0 aliphatic heterocycles. The summed E-state index contributed by atoms with van der Waals surface area (Å²) in [6, 6.07) is 1.97. The lowest BCUT2D eigenvalue weighted by molar-refractivity contribution is 1.18. The zero-order chi connectivity index (χ0) is 11.7. The fraction of sp³-hybridized carbons (Fsp3) is 0.385. The Labute approximate surface area is 92.8 Å². The Morgan fingerprint density at radius 2 is 1.93 bits per heavy atom. The van der Waals surface area contributed by atoms with Gasteiger partial charge in [-0.05, 0) is 26.8 Å². The molecule has 0 aliphatic carbocycles. The predicted octanol–water partition coefficient (Wildman–Crippen LogP) is 4.17. The predicted molar refractivity (Wildman–Crippen MR) is 68.9 cm³/mol. The quantitative estimate of drug-likeness (QED) is 0.664. The van der Waals surface area contributed by atoms with Gasteiger partial charge in [-0.25, -0.2) is 0 Å². The summed E-state index contributed by atoms with van der Waals surface area (Å²) in [6.07, 6.45) is 7.64. The highest BCUT2D eigenvalue weighted by Gasteiger charge is 2.00. The van der Waals surface area contributed by atoms with E-state index in [-0.39, 0.29) is 0 Å². The van der Waals surface area contributed by atoms with Crippen molar-refractivity contribution >= 4 is 18.0 Å². The highest BCUT2D eigenvalue weighted by Crippen LogP contribution is 2.22. The largest absolute Gasteiger partial charge is 0.259 e. The van der Waals surface area contributed by atoms with Crippen LogP contribution in [0.3, 0.4) is 0 Å². The minimum absolute atomic E-state index is 0.961. The van der Waals surface area contributed by atoms with Gasteiger partial charge < -0.3 is 0 Å². The zero-order valence-corrected chi connectivity index (χ0v) is 10.3. The Bertz CT molecular complexity index is 338. The molecule has 0 radical (unpaired) electrons. The number of hydrogen-bond donors (Lipinski definition) is 0. The molecule has 0 unspecified atom stereocenters. The van der Waals surface area contributed by atoms with Crippen molar-refractivity contribution in [2.45, 2.75) is 34.6 Å². The molecule has 0 spiro atoms. The standard InChI is InChI=1S/C11H14N2.C2H6/c1-4-6-10-7-8-13-9(3)11(10)12-5-2;1-2/h4-8H,1-3H3;1-2H3/b6-4-,12-5?;. The van der Waals surface area contributed by atoms with Crippen LogP contribution in [0.25, 0.3) is 6.08 Å². The smallest absolute Gasteiger partial charge is 0.0910 e. The first-order valence-electron chi connectivity index (χ1n) is 5.36. The maximum absolute atomic E-state index is 4.29. The van der Waals surface area contributed by atoms with Crippen molar-refractivity contribution in [3.8, 4) is 0 Å². The van der Waals surface area contributed by atoms with E-state index in [1.165, 1.54) is 0 Å². The van der Waals surface area contributed by atoms with Gasteiger partial charge in [0.05, 0.1) is 11.4 Å². The summed E-state index contributed by atoms with van der Waals surface area (Å²) < 4.78 is 0. The van der Waals surface area contributed by atoms with Crippen LogP contribution in [0.1, 0.15) is 39.0 Å². The molecule has 1 rings (SSSR count). The monoisotopic (exact) mass is 204 g/mol. The van der Waals surface area contributed by atoms with Crippen molar-refractivity contribution in [3.63, 3.8) is 0 Å². The molecule has 15 heavy (non-hydrogen) atoms. The Hall–Kier alpha value is -1.44. The summed E-state index contributed by atoms with van der Waals surface area (Å²) >= 11 is 0. The molecule has 1 heterocycles. The number of nitrogens with zero attached hydrogens (tertiary/aromatic N) is 2. The summed E-state index contributed by atoms with van der Waals surface area (Å²) in [4.78, 5) is 8.48. The first-order valence-corrected chi connectivity index (χ1v) is 5.36. The van der Waals surface area contributed by atoms with Crippen LogP contribution in [0.5, 0.6) is 0 Å². The molecule has 2 nitrogen and oxygen atoms in total. The van der Waals surface area contributed by atoms with Gasteiger partial charge >= 0.3 is 0 Å². The van der Waals surface area contributed by atoms with E-state index in [0.29, 0.717) is 0 Å². The molecular weight excluding hydrogens is 184 g/mol. The SMILES string of the molecule is CC.CC=Nc1c(/C=C\C)ccnc1C. The number of aromatic nitrogens is 1. The highest BCUT2D eigenvalue weighted by molar-refractivity contribution is 5.70. The first kappa shape index (κ1) is 13.6. The molecule has 0 aliphatic rings. The average Bonchev–Trinajstić information content (AvgIpc) is 2.26. The molecule has 0 bridgehead atoms. The van der Waals surface area contributed by atoms with Gasteiger partial charge in [-0.15, -0.1) is 0 Å². The van der Waals surface area contributed by atoms with E-state index in [1.54, 1.807) is 12.4 Å². The van der Waals surface area contributed by atoms with Crippen LogP contribution >= 0.6 is 0 Å². The van der Waals surface area contributed by atoms with Gasteiger partial charge in [0.15, 0.2) is 0 Å². The molecule has 0 atom stereocenters. The van der Waals surface area contributed by atoms with Crippen LogP contribution in [0, 0.1) is 6.92 Å². The van der Waals surface area contributed by atoms with Gasteiger partial charge in [0, 0.05) is 18.0 Å². The van der Waals surface area contributed by atoms with E-state index in [1.807, 2.05) is 52.8 Å². The normalized spacial score (nSPS) is 10.5. The van der Waals surface area contributed by atoms with E-state index in [4.69, 9.17) is 0 Å². The Morgan fingerprint density at radius 1 is 1.27 bits per heavy atom. The van der Waals surface area contributed by atoms with Crippen LogP contribution in [0.2, 0.25) is 0 Å². The number of aliphatic imine (C=N–C) groups is 1. The summed E-state index contributed by atoms with van der Waals surface area (Å²) in [5, 5.41) is 0. The van der Waals surface area contributed by atoms with Crippen molar-refractivity contribution < 1.29 is 0 Å². The topological polar surface area (TPSA) is 25.2 Å². The summed E-state index contributed by atoms with van der Waals surface area (Å²) in [5.74, 6) is 0. The number of allylic oxidation sites excluding steroid dienone is 1. The van der Waals surface area contributed by atoms with Crippen LogP contribution in [0.4, 0.5) is 5.69 Å². The number of aryl methyl sites for hydroxylation is 1. The van der Waals surface area contributed by atoms with Crippen LogP contribution in [0.15, 0.2) is 23.3 Å². The van der Waals surface area contributed by atoms with Gasteiger partial charge in [-0.3, -0.25) is 9.98 Å². The second-order valence-corrected chi connectivity index (χ2v) is 2.72. The number of hydrogen-bond acceptors (Lipinski definition) is 2. The Balaban J connectivity index is 0.000000921. The lowest BCUT2D eigenvalue weighted by atomic mass is 10.1. The third-order valence-corrected chi connectivity index (χ3v) is 1.74. The minimum atomic E-state index is 0.961. The number of pyridine rings is 1. The molecule has 0 N–H and O–H groups in total. The second-order valence-electron chi connectivity index (χ2n) is 2.72. The maximum Gasteiger partial charge on any atom is 0.0910 e. The third kappa shape index (κ3) is 4.07. The fourth-order valence-electron chi connectivity index (χ4n) is 1.19. The van der Waals surface area contributed by atoms with Crippen LogP contribution in [-0.4, -0.2) is 11.2 Å². The van der Waals surface area contributed by atoms with E-state index in [2.05, 4.69) is 9.98 Å². The van der Waals surface area contributed by atoms with Crippen molar-refractivity contribution in [2.24, 2.45) is 4.99 Å². The van der Waals surface area contributed by atoms with Gasteiger partial charge in [0.25, 0.3) is 0 Å². The van der Waals surface area contributed by atoms with Crippen molar-refractivity contribution in [2.75, 3.05) is 0 Å². The highest BCUT2D eigenvalue weighted by atomic mass is 14.8. The Morgan fingerprint density at radius 3 is 2.47 bits per heavy atom. The molecule has 0 aromatic carbocycles. The molecular formula is C13H20N2. The van der Waals surface area contributed by atoms with Crippen molar-refractivity contribution in [1.82, 2.24) is 4.98 Å². The van der Waals surface area contributed by atoms with E-state index in [9.17, 15) is 0 Å². The summed E-state index contributed by atoms with van der Waals surface area (Å²) in [7, 11) is 0. The van der Waals surface area contributed by atoms with E-state index in [0.717, 1.165) is 16.9 Å². The lowest BCUT2D eigenvalue weighted by Gasteiger charge is -2.02. The van der Waals surface area contributed by atoms with Crippen molar-refractivity contribution in [1.29, 1.82) is 0 Å². The molecule has 1 aromatic rings. The van der Waals surface area contributed by atoms with Crippen molar-refractivity contribution in [3.05, 3.63) is 29.6 Å². The van der Waals surface area contributed by atoms with Crippen LogP contribution < -0.4 is 0 Å². The molecule has 0 saturated heterocycles. The molecule has 1 aromatic heterocycles. The number of rotatable bonds is 2. The first-order chi connectivity index (χ1) is 7.29. The van der Waals surface area contributed by atoms with Gasteiger partial charge in [0.1, 0.15) is 0 Å². The van der Waals surface area contributed by atoms with Gasteiger partial charge in [0.2, 0.25) is 0 Å². The molecule has 0 amide bonds. The van der Waals surface area contributed by atoms with Crippen LogP contribution in [-0.2, 0) is 0 Å². The molecule has 82 valence electrons. The summed E-state index contributed by atoms with van der Waals surface area (Å²) in [6.45, 7) is 9.87. The average molecular weight is 204 g/mol. The molecule has 2 heteroatoms. The lowest BCUT2D eigenvalue weighted by Crippen LogP contribution is -1.84. The van der Waals surface area contributed by atoms with E-state index >= 15 is 0 Å². The van der Waals surface area contributed by atoms with Gasteiger partial charge in [-0.1, -0.05) is 26.0 Å². The fourth-order valence-corrected chi connectivity index (χ4v) is 1.19. The Kier molecular flexibility index (Phi) is 7.16.